The molecule has 0 bridgehead atoms. The SMILES string of the molecule is CCN(CC)c1ccc2c(c1)C(=O)C(OC)=C(OC)C2=O. The van der Waals surface area contributed by atoms with Crippen LogP contribution in [0, 0.1) is 0 Å². The molecule has 0 aromatic heterocycles. The fourth-order valence-corrected chi connectivity index (χ4v) is 2.53. The summed E-state index contributed by atoms with van der Waals surface area (Å²) in [5.74, 6) is -0.717. The molecule has 0 saturated carbocycles. The Morgan fingerprint density at radius 1 is 0.905 bits per heavy atom. The van der Waals surface area contributed by atoms with Crippen molar-refractivity contribution in [3.8, 4) is 0 Å². The molecule has 0 radical (unpaired) electrons. The first-order chi connectivity index (χ1) is 10.1. The maximum Gasteiger partial charge on any atom is 0.232 e. The zero-order chi connectivity index (χ0) is 15.6. The Labute approximate surface area is 124 Å². The number of rotatable bonds is 5. The van der Waals surface area contributed by atoms with Gasteiger partial charge in [-0.25, -0.2) is 0 Å². The van der Waals surface area contributed by atoms with Crippen molar-refractivity contribution >= 4 is 17.3 Å². The van der Waals surface area contributed by atoms with Gasteiger partial charge in [0.2, 0.25) is 23.1 Å². The lowest BCUT2D eigenvalue weighted by atomic mass is 9.91. The van der Waals surface area contributed by atoms with E-state index >= 15 is 0 Å². The van der Waals surface area contributed by atoms with Gasteiger partial charge in [0.1, 0.15) is 0 Å². The number of fused-ring (bicyclic) bond motifs is 1. The van der Waals surface area contributed by atoms with E-state index in [1.165, 1.54) is 14.2 Å². The molecule has 0 amide bonds. The van der Waals surface area contributed by atoms with Crippen molar-refractivity contribution < 1.29 is 19.1 Å². The number of ether oxygens (including phenoxy) is 2. The highest BCUT2D eigenvalue weighted by molar-refractivity contribution is 6.25. The van der Waals surface area contributed by atoms with Crippen LogP contribution in [0.25, 0.3) is 0 Å². The van der Waals surface area contributed by atoms with Crippen LogP contribution in [0.1, 0.15) is 34.6 Å². The van der Waals surface area contributed by atoms with E-state index in [1.807, 2.05) is 19.9 Å². The number of allylic oxidation sites excluding steroid dienone is 2. The molecule has 0 aliphatic heterocycles. The summed E-state index contributed by atoms with van der Waals surface area (Å²) in [4.78, 5) is 26.9. The smallest absolute Gasteiger partial charge is 0.232 e. The third-order valence-electron chi connectivity index (χ3n) is 3.65. The predicted molar refractivity (Wildman–Crippen MR) is 79.7 cm³/mol. The number of carbonyl (C=O) groups excluding carboxylic acids is 2. The van der Waals surface area contributed by atoms with Crippen LogP contribution in [0.4, 0.5) is 5.69 Å². The minimum atomic E-state index is -0.324. The predicted octanol–water partition coefficient (Wildman–Crippen LogP) is 2.42. The first-order valence-corrected chi connectivity index (χ1v) is 6.89. The van der Waals surface area contributed by atoms with Crippen molar-refractivity contribution in [2.75, 3.05) is 32.2 Å². The fraction of sp³-hybridized carbons (Fsp3) is 0.375. The highest BCUT2D eigenvalue weighted by Gasteiger charge is 2.34. The minimum absolute atomic E-state index is 0.0355. The number of methoxy groups -OCH3 is 2. The summed E-state index contributed by atoms with van der Waals surface area (Å²) in [5.41, 5.74) is 1.63. The van der Waals surface area contributed by atoms with Gasteiger partial charge in [-0.1, -0.05) is 0 Å². The summed E-state index contributed by atoms with van der Waals surface area (Å²) in [6.45, 7) is 5.74. The quantitative estimate of drug-likeness (QED) is 0.833. The molecule has 0 saturated heterocycles. The maximum absolute atomic E-state index is 12.5. The van der Waals surface area contributed by atoms with Gasteiger partial charge in [0.15, 0.2) is 0 Å². The van der Waals surface area contributed by atoms with Crippen molar-refractivity contribution in [2.24, 2.45) is 0 Å². The second-order valence-electron chi connectivity index (χ2n) is 4.63. The molecule has 112 valence electrons. The molecule has 5 heteroatoms. The van der Waals surface area contributed by atoms with Crippen LogP contribution in [-0.4, -0.2) is 38.9 Å². The van der Waals surface area contributed by atoms with Crippen LogP contribution in [-0.2, 0) is 9.47 Å². The fourth-order valence-electron chi connectivity index (χ4n) is 2.53. The van der Waals surface area contributed by atoms with Gasteiger partial charge in [-0.2, -0.15) is 0 Å². The van der Waals surface area contributed by atoms with Crippen LogP contribution >= 0.6 is 0 Å². The number of Topliss-reactive ketones (excluding diaryl/α,β-unsaturated/α-hetero) is 2. The van der Waals surface area contributed by atoms with Gasteiger partial charge >= 0.3 is 0 Å². The van der Waals surface area contributed by atoms with E-state index in [0.717, 1.165) is 18.8 Å². The molecular formula is C16H19NO4. The second kappa shape index (κ2) is 5.99. The van der Waals surface area contributed by atoms with Crippen LogP contribution in [0.15, 0.2) is 29.7 Å². The Morgan fingerprint density at radius 2 is 1.43 bits per heavy atom. The number of hydrogen-bond acceptors (Lipinski definition) is 5. The summed E-state index contributed by atoms with van der Waals surface area (Å²) in [6, 6.07) is 5.27. The number of carbonyl (C=O) groups is 2. The van der Waals surface area contributed by atoms with Crippen LogP contribution < -0.4 is 4.90 Å². The molecule has 1 aromatic rings. The Balaban J connectivity index is 2.56. The van der Waals surface area contributed by atoms with Crippen molar-refractivity contribution in [2.45, 2.75) is 13.8 Å². The topological polar surface area (TPSA) is 55.8 Å². The van der Waals surface area contributed by atoms with Gasteiger partial charge in [0.25, 0.3) is 0 Å². The lowest BCUT2D eigenvalue weighted by molar-refractivity contribution is 0.0829. The van der Waals surface area contributed by atoms with E-state index in [4.69, 9.17) is 9.47 Å². The van der Waals surface area contributed by atoms with Crippen molar-refractivity contribution in [1.82, 2.24) is 0 Å². The number of ketones is 2. The zero-order valence-electron chi connectivity index (χ0n) is 12.7. The monoisotopic (exact) mass is 289 g/mol. The summed E-state index contributed by atoms with van der Waals surface area (Å²) in [5, 5.41) is 0. The average molecular weight is 289 g/mol. The highest BCUT2D eigenvalue weighted by Crippen LogP contribution is 2.30. The molecule has 1 aliphatic rings. The number of nitrogens with zero attached hydrogens (tertiary/aromatic N) is 1. The summed E-state index contributed by atoms with van der Waals surface area (Å²) < 4.78 is 10.1. The van der Waals surface area contributed by atoms with E-state index in [9.17, 15) is 9.59 Å². The lowest BCUT2D eigenvalue weighted by Crippen LogP contribution is -2.26. The minimum Gasteiger partial charge on any atom is -0.489 e. The van der Waals surface area contributed by atoms with Gasteiger partial charge in [-0.15, -0.1) is 0 Å². The third kappa shape index (κ3) is 2.39. The normalized spacial score (nSPS) is 14.1. The van der Waals surface area contributed by atoms with Crippen molar-refractivity contribution in [3.63, 3.8) is 0 Å². The second-order valence-corrected chi connectivity index (χ2v) is 4.63. The van der Waals surface area contributed by atoms with Gasteiger partial charge in [-0.05, 0) is 32.0 Å². The first-order valence-electron chi connectivity index (χ1n) is 6.89. The molecule has 1 aromatic carbocycles. The molecule has 0 N–H and O–H groups in total. The van der Waals surface area contributed by atoms with Crippen molar-refractivity contribution in [3.05, 3.63) is 40.8 Å². The van der Waals surface area contributed by atoms with Crippen LogP contribution in [0.5, 0.6) is 0 Å². The van der Waals surface area contributed by atoms with Crippen LogP contribution in [0.2, 0.25) is 0 Å². The Morgan fingerprint density at radius 3 is 1.90 bits per heavy atom. The largest absolute Gasteiger partial charge is 0.489 e. The average Bonchev–Trinajstić information content (AvgIpc) is 2.51. The number of benzene rings is 1. The van der Waals surface area contributed by atoms with E-state index in [0.29, 0.717) is 11.1 Å². The van der Waals surface area contributed by atoms with Crippen LogP contribution in [0.3, 0.4) is 0 Å². The van der Waals surface area contributed by atoms with Gasteiger partial charge in [-0.3, -0.25) is 9.59 Å². The molecule has 0 heterocycles. The molecule has 1 aliphatic carbocycles. The molecule has 0 fully saturated rings. The standard InChI is InChI=1S/C16H19NO4/c1-5-17(6-2)10-7-8-11-12(9-10)14(19)16(21-4)15(20-3)13(11)18/h7-9H,5-6H2,1-4H3. The van der Waals surface area contributed by atoms with Gasteiger partial charge in [0.05, 0.1) is 14.2 Å². The molecule has 21 heavy (non-hydrogen) atoms. The number of hydrogen-bond donors (Lipinski definition) is 0. The molecule has 0 unspecified atom stereocenters. The Kier molecular flexibility index (Phi) is 4.31. The Hall–Kier alpha value is -2.30. The van der Waals surface area contributed by atoms with Gasteiger partial charge in [0, 0.05) is 29.9 Å². The van der Waals surface area contributed by atoms with Gasteiger partial charge < -0.3 is 14.4 Å². The third-order valence-corrected chi connectivity index (χ3v) is 3.65. The molecule has 0 spiro atoms. The van der Waals surface area contributed by atoms with Crippen molar-refractivity contribution in [1.29, 1.82) is 0 Å². The number of anilines is 1. The molecular weight excluding hydrogens is 270 g/mol. The summed E-state index contributed by atoms with van der Waals surface area (Å²) in [6.07, 6.45) is 0. The zero-order valence-corrected chi connectivity index (χ0v) is 12.7. The summed E-state index contributed by atoms with van der Waals surface area (Å²) in [7, 11) is 2.72. The van der Waals surface area contributed by atoms with E-state index in [1.54, 1.807) is 12.1 Å². The maximum atomic E-state index is 12.5. The molecule has 2 rings (SSSR count). The Bertz CT molecular complexity index is 615. The lowest BCUT2D eigenvalue weighted by Gasteiger charge is -2.24. The highest BCUT2D eigenvalue weighted by atomic mass is 16.5. The summed E-state index contributed by atoms with van der Waals surface area (Å²) >= 11 is 0. The van der Waals surface area contributed by atoms with E-state index < -0.39 is 0 Å². The molecule has 5 nitrogen and oxygen atoms in total. The molecule has 0 atom stereocenters. The van der Waals surface area contributed by atoms with E-state index in [2.05, 4.69) is 4.90 Å². The first kappa shape index (κ1) is 15.1. The van der Waals surface area contributed by atoms with E-state index in [-0.39, 0.29) is 23.1 Å².